The summed E-state index contributed by atoms with van der Waals surface area (Å²) in [6.07, 6.45) is 19.2. The number of aryl methyl sites for hydroxylation is 1. The van der Waals surface area contributed by atoms with E-state index in [1.807, 2.05) is 12.4 Å². The number of rotatable bonds is 12. The minimum Gasteiger partial charge on any atom is -0.463 e. The third-order valence-corrected chi connectivity index (χ3v) is 6.98. The summed E-state index contributed by atoms with van der Waals surface area (Å²) >= 11 is 6.54. The molecule has 0 radical (unpaired) electrons. The van der Waals surface area contributed by atoms with E-state index in [1.54, 1.807) is 0 Å². The van der Waals surface area contributed by atoms with Crippen LogP contribution in [0.4, 0.5) is 0 Å². The van der Waals surface area contributed by atoms with Crippen molar-refractivity contribution < 1.29 is 4.74 Å². The third-order valence-electron chi connectivity index (χ3n) is 6.67. The van der Waals surface area contributed by atoms with E-state index in [0.717, 1.165) is 35.1 Å². The number of unbranched alkanes of at least 4 members (excludes halogenated alkanes) is 4. The maximum Gasteiger partial charge on any atom is 0.316 e. The van der Waals surface area contributed by atoms with Gasteiger partial charge in [0, 0.05) is 28.5 Å². The molecular weight excluding hydrogens is 404 g/mol. The van der Waals surface area contributed by atoms with Gasteiger partial charge < -0.3 is 4.74 Å². The first-order chi connectivity index (χ1) is 15.2. The van der Waals surface area contributed by atoms with Crippen LogP contribution in [0.15, 0.2) is 30.6 Å². The number of ether oxygens (including phenoxy) is 1. The average Bonchev–Trinajstić information content (AvgIpc) is 2.79. The summed E-state index contributed by atoms with van der Waals surface area (Å²) in [6.45, 7) is 5.24. The van der Waals surface area contributed by atoms with Crippen LogP contribution in [0.5, 0.6) is 6.01 Å². The van der Waals surface area contributed by atoms with Crippen LogP contribution in [-0.2, 0) is 6.42 Å². The van der Waals surface area contributed by atoms with Crippen LogP contribution in [0.1, 0.15) is 90.0 Å². The molecule has 0 spiro atoms. The molecule has 1 aromatic carbocycles. The molecule has 0 saturated heterocycles. The number of hydrogen-bond donors (Lipinski definition) is 0. The molecule has 3 rings (SSSR count). The zero-order chi connectivity index (χ0) is 21.9. The monoisotopic (exact) mass is 442 g/mol. The Balaban J connectivity index is 1.45. The van der Waals surface area contributed by atoms with E-state index in [0.29, 0.717) is 11.9 Å². The molecule has 1 aromatic heterocycles. The Morgan fingerprint density at radius 2 is 1.58 bits per heavy atom. The lowest BCUT2D eigenvalue weighted by Gasteiger charge is -2.28. The van der Waals surface area contributed by atoms with Crippen molar-refractivity contribution in [1.29, 1.82) is 0 Å². The van der Waals surface area contributed by atoms with E-state index in [4.69, 9.17) is 16.3 Å². The number of nitrogens with zero attached hydrogens (tertiary/aromatic N) is 2. The molecule has 31 heavy (non-hydrogen) atoms. The molecular formula is C27H39ClN2O. The maximum absolute atomic E-state index is 6.54. The molecule has 4 heteroatoms. The van der Waals surface area contributed by atoms with Gasteiger partial charge in [-0.2, -0.15) is 0 Å². The molecule has 170 valence electrons. The number of aromatic nitrogens is 2. The molecule has 2 aromatic rings. The lowest BCUT2D eigenvalue weighted by molar-refractivity contribution is 0.169. The molecule has 0 bridgehead atoms. The normalized spacial score (nSPS) is 18.8. The minimum absolute atomic E-state index is 0.473. The number of hydrogen-bond acceptors (Lipinski definition) is 3. The quantitative estimate of drug-likeness (QED) is 0.310. The van der Waals surface area contributed by atoms with E-state index in [-0.39, 0.29) is 0 Å². The van der Waals surface area contributed by atoms with E-state index < -0.39 is 0 Å². The van der Waals surface area contributed by atoms with Crippen LogP contribution in [-0.4, -0.2) is 16.6 Å². The van der Waals surface area contributed by atoms with Gasteiger partial charge in [-0.15, -0.1) is 0 Å². The summed E-state index contributed by atoms with van der Waals surface area (Å²) in [4.78, 5) is 8.87. The first kappa shape index (κ1) is 24.0. The highest BCUT2D eigenvalue weighted by molar-refractivity contribution is 6.33. The highest BCUT2D eigenvalue weighted by atomic mass is 35.5. The van der Waals surface area contributed by atoms with Crippen molar-refractivity contribution >= 4 is 11.6 Å². The Morgan fingerprint density at radius 3 is 2.26 bits per heavy atom. The van der Waals surface area contributed by atoms with Gasteiger partial charge in [0.1, 0.15) is 0 Å². The van der Waals surface area contributed by atoms with Gasteiger partial charge in [-0.25, -0.2) is 9.97 Å². The van der Waals surface area contributed by atoms with Gasteiger partial charge in [0.05, 0.1) is 6.61 Å². The molecule has 1 aliphatic carbocycles. The van der Waals surface area contributed by atoms with Gasteiger partial charge in [0.15, 0.2) is 0 Å². The first-order valence-corrected chi connectivity index (χ1v) is 12.8. The number of halogens is 1. The van der Waals surface area contributed by atoms with Crippen LogP contribution in [0.2, 0.25) is 5.02 Å². The van der Waals surface area contributed by atoms with Crippen molar-refractivity contribution in [3.05, 3.63) is 41.2 Å². The van der Waals surface area contributed by atoms with E-state index in [1.165, 1.54) is 76.2 Å². The van der Waals surface area contributed by atoms with Crippen molar-refractivity contribution in [1.82, 2.24) is 9.97 Å². The SMILES string of the molecule is CCCCCc1ccc(-c2cnc(OC[C@H]3CC[C@H](CCCCC)CC3)nc2)c(Cl)c1. The predicted octanol–water partition coefficient (Wildman–Crippen LogP) is 8.30. The topological polar surface area (TPSA) is 35.0 Å². The second kappa shape index (κ2) is 13.1. The van der Waals surface area contributed by atoms with E-state index >= 15 is 0 Å². The summed E-state index contributed by atoms with van der Waals surface area (Å²) < 4.78 is 5.92. The molecule has 0 unspecified atom stereocenters. The second-order valence-corrected chi connectivity index (χ2v) is 9.63. The Labute approximate surface area is 194 Å². The molecule has 0 amide bonds. The third kappa shape index (κ3) is 7.79. The van der Waals surface area contributed by atoms with Crippen LogP contribution in [0.3, 0.4) is 0 Å². The summed E-state index contributed by atoms with van der Waals surface area (Å²) in [5, 5.41) is 0.766. The highest BCUT2D eigenvalue weighted by Crippen LogP contribution is 2.32. The minimum atomic E-state index is 0.473. The first-order valence-electron chi connectivity index (χ1n) is 12.4. The Morgan fingerprint density at radius 1 is 0.903 bits per heavy atom. The zero-order valence-corrected chi connectivity index (χ0v) is 20.2. The maximum atomic E-state index is 6.54. The summed E-state index contributed by atoms with van der Waals surface area (Å²) in [6, 6.07) is 6.80. The van der Waals surface area contributed by atoms with Crippen molar-refractivity contribution in [3.63, 3.8) is 0 Å². The number of benzene rings is 1. The fourth-order valence-corrected chi connectivity index (χ4v) is 4.93. The van der Waals surface area contributed by atoms with Crippen LogP contribution in [0.25, 0.3) is 11.1 Å². The van der Waals surface area contributed by atoms with E-state index in [9.17, 15) is 0 Å². The molecule has 0 atom stereocenters. The highest BCUT2D eigenvalue weighted by Gasteiger charge is 2.21. The van der Waals surface area contributed by atoms with Gasteiger partial charge in [0.25, 0.3) is 0 Å². The van der Waals surface area contributed by atoms with Crippen molar-refractivity contribution in [2.75, 3.05) is 6.61 Å². The summed E-state index contributed by atoms with van der Waals surface area (Å²) in [5.41, 5.74) is 3.21. The zero-order valence-electron chi connectivity index (χ0n) is 19.4. The molecule has 1 heterocycles. The lowest BCUT2D eigenvalue weighted by Crippen LogP contribution is -2.20. The molecule has 0 aliphatic heterocycles. The molecule has 0 N–H and O–H groups in total. The smallest absolute Gasteiger partial charge is 0.316 e. The fourth-order valence-electron chi connectivity index (χ4n) is 4.62. The second-order valence-electron chi connectivity index (χ2n) is 9.22. The fraction of sp³-hybridized carbons (Fsp3) is 0.630. The van der Waals surface area contributed by atoms with Crippen molar-refractivity contribution in [3.8, 4) is 17.1 Å². The largest absolute Gasteiger partial charge is 0.463 e. The van der Waals surface area contributed by atoms with Gasteiger partial charge >= 0.3 is 6.01 Å². The van der Waals surface area contributed by atoms with Crippen LogP contribution >= 0.6 is 11.6 Å². The van der Waals surface area contributed by atoms with Gasteiger partial charge in [0.2, 0.25) is 0 Å². The lowest BCUT2D eigenvalue weighted by atomic mass is 9.80. The molecule has 1 aliphatic rings. The van der Waals surface area contributed by atoms with Crippen molar-refractivity contribution in [2.24, 2.45) is 11.8 Å². The van der Waals surface area contributed by atoms with Gasteiger partial charge in [-0.05, 0) is 49.1 Å². The van der Waals surface area contributed by atoms with Crippen molar-refractivity contribution in [2.45, 2.75) is 90.9 Å². The Hall–Kier alpha value is -1.61. The standard InChI is InChI=1S/C27H39ClN2O/c1-3-5-7-9-21-11-13-23(14-12-21)20-31-27-29-18-24(19-30-27)25-16-15-22(17-26(25)28)10-8-6-4-2/h15-19,21,23H,3-14,20H2,1-2H3/t21-,23-. The molecule has 1 saturated carbocycles. The average molecular weight is 443 g/mol. The van der Waals surface area contributed by atoms with Gasteiger partial charge in [-0.3, -0.25) is 0 Å². The molecule has 3 nitrogen and oxygen atoms in total. The van der Waals surface area contributed by atoms with Crippen LogP contribution in [0, 0.1) is 11.8 Å². The van der Waals surface area contributed by atoms with Crippen LogP contribution < -0.4 is 4.74 Å². The molecule has 1 fully saturated rings. The summed E-state index contributed by atoms with van der Waals surface area (Å²) in [5.74, 6) is 1.57. The Bertz CT molecular complexity index is 769. The van der Waals surface area contributed by atoms with E-state index in [2.05, 4.69) is 42.0 Å². The van der Waals surface area contributed by atoms with Gasteiger partial charge in [-0.1, -0.05) is 88.9 Å². The Kier molecular flexibility index (Phi) is 10.1. The summed E-state index contributed by atoms with van der Waals surface area (Å²) in [7, 11) is 0. The predicted molar refractivity (Wildman–Crippen MR) is 131 cm³/mol.